The maximum Gasteiger partial charge on any atom is 0.123 e. The van der Waals surface area contributed by atoms with Crippen LogP contribution in [0.2, 0.25) is 0 Å². The topological polar surface area (TPSA) is 34.0 Å². The second kappa shape index (κ2) is 5.54. The van der Waals surface area contributed by atoms with Crippen molar-refractivity contribution in [2.75, 3.05) is 13.6 Å². The van der Waals surface area contributed by atoms with Gasteiger partial charge in [-0.25, -0.2) is 4.39 Å². The minimum atomic E-state index is -0.195. The molecule has 0 bridgehead atoms. The zero-order valence-corrected chi connectivity index (χ0v) is 9.75. The Bertz CT molecular complexity index is 438. The van der Waals surface area contributed by atoms with E-state index in [0.717, 1.165) is 25.2 Å². The number of likely N-dealkylation sites (N-methyl/N-ethyl adjacent to an activating group) is 1. The van der Waals surface area contributed by atoms with E-state index in [2.05, 4.69) is 15.2 Å². The zero-order valence-electron chi connectivity index (χ0n) is 9.75. The maximum absolute atomic E-state index is 12.7. The normalized spacial score (nSPS) is 11.0. The third-order valence-corrected chi connectivity index (χ3v) is 2.55. The monoisotopic (exact) mass is 234 g/mol. The largest absolute Gasteiger partial charge is 0.300 e. The number of rotatable bonds is 5. The molecule has 2 aromatic rings. The van der Waals surface area contributed by atoms with Crippen LogP contribution < -0.4 is 0 Å². The van der Waals surface area contributed by atoms with Gasteiger partial charge in [0.2, 0.25) is 0 Å². The predicted octanol–water partition coefficient (Wildman–Crippen LogP) is 1.55. The third-order valence-electron chi connectivity index (χ3n) is 2.55. The first-order valence-electron chi connectivity index (χ1n) is 5.51. The van der Waals surface area contributed by atoms with E-state index < -0.39 is 0 Å². The third kappa shape index (κ3) is 3.64. The van der Waals surface area contributed by atoms with Crippen molar-refractivity contribution in [1.29, 1.82) is 0 Å². The van der Waals surface area contributed by atoms with Crippen LogP contribution in [0, 0.1) is 5.82 Å². The average molecular weight is 234 g/mol. The van der Waals surface area contributed by atoms with Crippen LogP contribution in [0.1, 0.15) is 5.56 Å². The lowest BCUT2D eigenvalue weighted by Crippen LogP contribution is -2.23. The molecule has 1 aromatic carbocycles. The van der Waals surface area contributed by atoms with Crippen molar-refractivity contribution in [3.8, 4) is 0 Å². The Morgan fingerprint density at radius 1 is 1.29 bits per heavy atom. The Morgan fingerprint density at radius 3 is 2.71 bits per heavy atom. The molecule has 90 valence electrons. The van der Waals surface area contributed by atoms with E-state index in [-0.39, 0.29) is 5.82 Å². The molecule has 4 nitrogen and oxygen atoms in total. The van der Waals surface area contributed by atoms with Crippen molar-refractivity contribution < 1.29 is 4.39 Å². The van der Waals surface area contributed by atoms with Crippen LogP contribution in [0.5, 0.6) is 0 Å². The minimum Gasteiger partial charge on any atom is -0.300 e. The van der Waals surface area contributed by atoms with E-state index >= 15 is 0 Å². The summed E-state index contributed by atoms with van der Waals surface area (Å²) in [7, 11) is 2.03. The second-order valence-electron chi connectivity index (χ2n) is 4.03. The van der Waals surface area contributed by atoms with Gasteiger partial charge in [0.15, 0.2) is 0 Å². The lowest BCUT2D eigenvalue weighted by atomic mass is 10.2. The molecule has 1 aromatic heterocycles. The molecule has 0 aliphatic carbocycles. The van der Waals surface area contributed by atoms with E-state index in [1.165, 1.54) is 12.1 Å². The van der Waals surface area contributed by atoms with E-state index in [0.29, 0.717) is 0 Å². The first-order chi connectivity index (χ1) is 8.24. The van der Waals surface area contributed by atoms with Crippen molar-refractivity contribution in [3.63, 3.8) is 0 Å². The molecule has 0 aliphatic rings. The molecule has 0 fully saturated rings. The number of aromatic nitrogens is 3. The molecule has 2 rings (SSSR count). The lowest BCUT2D eigenvalue weighted by Gasteiger charge is -2.16. The number of benzene rings is 1. The molecule has 0 spiro atoms. The van der Waals surface area contributed by atoms with Crippen molar-refractivity contribution in [1.82, 2.24) is 19.9 Å². The number of nitrogens with zero attached hydrogens (tertiary/aromatic N) is 4. The van der Waals surface area contributed by atoms with Gasteiger partial charge < -0.3 is 4.90 Å². The summed E-state index contributed by atoms with van der Waals surface area (Å²) in [6.07, 6.45) is 3.51. The molecule has 0 radical (unpaired) electrons. The van der Waals surface area contributed by atoms with Gasteiger partial charge in [0.1, 0.15) is 5.82 Å². The molecule has 0 saturated heterocycles. The van der Waals surface area contributed by atoms with Crippen LogP contribution in [-0.4, -0.2) is 33.5 Å². The molecule has 5 heteroatoms. The van der Waals surface area contributed by atoms with Gasteiger partial charge in [-0.1, -0.05) is 17.3 Å². The summed E-state index contributed by atoms with van der Waals surface area (Å²) in [6.45, 7) is 2.48. The van der Waals surface area contributed by atoms with Crippen LogP contribution in [0.3, 0.4) is 0 Å². The molecule has 0 saturated carbocycles. The summed E-state index contributed by atoms with van der Waals surface area (Å²) in [5.74, 6) is -0.195. The van der Waals surface area contributed by atoms with Crippen LogP contribution in [-0.2, 0) is 13.1 Å². The van der Waals surface area contributed by atoms with E-state index in [1.807, 2.05) is 13.2 Å². The van der Waals surface area contributed by atoms with E-state index in [1.54, 1.807) is 23.0 Å². The van der Waals surface area contributed by atoms with Gasteiger partial charge in [0.25, 0.3) is 0 Å². The lowest BCUT2D eigenvalue weighted by molar-refractivity contribution is 0.303. The van der Waals surface area contributed by atoms with Gasteiger partial charge in [-0.15, -0.1) is 5.10 Å². The highest BCUT2D eigenvalue weighted by atomic mass is 19.1. The predicted molar refractivity (Wildman–Crippen MR) is 62.8 cm³/mol. The standard InChI is InChI=1S/C12H15FN4/c1-16(8-9-17-7-6-14-15-17)10-11-2-4-12(13)5-3-11/h2-7H,8-10H2,1H3. The van der Waals surface area contributed by atoms with Gasteiger partial charge in [0.05, 0.1) is 12.7 Å². The van der Waals surface area contributed by atoms with Gasteiger partial charge in [0, 0.05) is 19.3 Å². The second-order valence-corrected chi connectivity index (χ2v) is 4.03. The minimum absolute atomic E-state index is 0.195. The quantitative estimate of drug-likeness (QED) is 0.787. The SMILES string of the molecule is CN(CCn1ccnn1)Cc1ccc(F)cc1. The summed E-state index contributed by atoms with van der Waals surface area (Å²) in [5.41, 5.74) is 1.10. The smallest absolute Gasteiger partial charge is 0.123 e. The Hall–Kier alpha value is -1.75. The van der Waals surface area contributed by atoms with Gasteiger partial charge in [-0.2, -0.15) is 0 Å². The van der Waals surface area contributed by atoms with E-state index in [4.69, 9.17) is 0 Å². The van der Waals surface area contributed by atoms with Gasteiger partial charge in [-0.3, -0.25) is 4.68 Å². The molecule has 1 heterocycles. The van der Waals surface area contributed by atoms with Crippen LogP contribution in [0.25, 0.3) is 0 Å². The summed E-state index contributed by atoms with van der Waals surface area (Å²) < 4.78 is 14.5. The first kappa shape index (κ1) is 11.7. The number of hydrogen-bond acceptors (Lipinski definition) is 3. The molecular weight excluding hydrogens is 219 g/mol. The molecule has 0 amide bonds. The fraction of sp³-hybridized carbons (Fsp3) is 0.333. The first-order valence-corrected chi connectivity index (χ1v) is 5.51. The molecular formula is C12H15FN4. The highest BCUT2D eigenvalue weighted by molar-refractivity contribution is 5.15. The van der Waals surface area contributed by atoms with Crippen LogP contribution in [0.4, 0.5) is 4.39 Å². The zero-order chi connectivity index (χ0) is 12.1. The summed E-state index contributed by atoms with van der Waals surface area (Å²) >= 11 is 0. The van der Waals surface area contributed by atoms with E-state index in [9.17, 15) is 4.39 Å². The fourth-order valence-electron chi connectivity index (χ4n) is 1.61. The summed E-state index contributed by atoms with van der Waals surface area (Å²) in [4.78, 5) is 2.16. The van der Waals surface area contributed by atoms with Crippen molar-refractivity contribution in [2.24, 2.45) is 0 Å². The van der Waals surface area contributed by atoms with Gasteiger partial charge >= 0.3 is 0 Å². The molecule has 17 heavy (non-hydrogen) atoms. The Labute approximate surface area is 99.7 Å². The van der Waals surface area contributed by atoms with Gasteiger partial charge in [-0.05, 0) is 24.7 Å². The Kier molecular flexibility index (Phi) is 3.82. The molecule has 0 aliphatic heterocycles. The van der Waals surface area contributed by atoms with Crippen molar-refractivity contribution >= 4 is 0 Å². The fourth-order valence-corrected chi connectivity index (χ4v) is 1.61. The molecule has 0 unspecified atom stereocenters. The molecule has 0 N–H and O–H groups in total. The highest BCUT2D eigenvalue weighted by Crippen LogP contribution is 2.05. The average Bonchev–Trinajstić information content (AvgIpc) is 2.83. The van der Waals surface area contributed by atoms with Crippen molar-refractivity contribution in [3.05, 3.63) is 48.0 Å². The van der Waals surface area contributed by atoms with Crippen LogP contribution in [0.15, 0.2) is 36.7 Å². The number of halogens is 1. The Morgan fingerprint density at radius 2 is 2.06 bits per heavy atom. The molecule has 0 atom stereocenters. The van der Waals surface area contributed by atoms with Crippen molar-refractivity contribution in [2.45, 2.75) is 13.1 Å². The summed E-state index contributed by atoms with van der Waals surface area (Å²) in [6, 6.07) is 6.59. The highest BCUT2D eigenvalue weighted by Gasteiger charge is 2.01. The van der Waals surface area contributed by atoms with Crippen LogP contribution >= 0.6 is 0 Å². The number of hydrogen-bond donors (Lipinski definition) is 0. The summed E-state index contributed by atoms with van der Waals surface area (Å²) in [5, 5.41) is 7.64. The maximum atomic E-state index is 12.7. The Balaban J connectivity index is 1.80.